The van der Waals surface area contributed by atoms with Crippen LogP contribution in [-0.4, -0.2) is 17.1 Å². The van der Waals surface area contributed by atoms with E-state index < -0.39 is 0 Å². The number of nitrogens with two attached hydrogens (primary N) is 1. The molecule has 0 aliphatic heterocycles. The maximum Gasteiger partial charge on any atom is 0.138 e. The Morgan fingerprint density at radius 1 is 1.18 bits per heavy atom. The first-order chi connectivity index (χ1) is 13.5. The Morgan fingerprint density at radius 2 is 2.04 bits per heavy atom. The predicted octanol–water partition coefficient (Wildman–Crippen LogP) is 4.76. The molecule has 4 aromatic rings. The van der Waals surface area contributed by atoms with Crippen LogP contribution in [-0.2, 0) is 0 Å². The van der Waals surface area contributed by atoms with Crippen LogP contribution in [0.15, 0.2) is 53.3 Å². The number of aryl methyl sites for hydroxylation is 1. The van der Waals surface area contributed by atoms with Gasteiger partial charge in [-0.05, 0) is 61.4 Å². The topological polar surface area (TPSA) is 86.2 Å². The molecule has 2 aromatic carbocycles. The number of methoxy groups -OCH3 is 1. The molecule has 0 fully saturated rings. The number of rotatable bonds is 5. The lowest BCUT2D eigenvalue weighted by molar-refractivity contribution is 0.414. The third-order valence-corrected chi connectivity index (χ3v) is 4.62. The van der Waals surface area contributed by atoms with Crippen LogP contribution in [0.1, 0.15) is 24.4 Å². The summed E-state index contributed by atoms with van der Waals surface area (Å²) in [6, 6.07) is 14.7. The highest BCUT2D eigenvalue weighted by Crippen LogP contribution is 2.31. The normalized spacial score (nSPS) is 12.1. The first kappa shape index (κ1) is 17.9. The van der Waals surface area contributed by atoms with Crippen molar-refractivity contribution in [2.75, 3.05) is 18.2 Å². The summed E-state index contributed by atoms with van der Waals surface area (Å²) in [5, 5.41) is 4.37. The molecule has 3 N–H and O–H groups in total. The van der Waals surface area contributed by atoms with Gasteiger partial charge in [0.2, 0.25) is 0 Å². The van der Waals surface area contributed by atoms with Crippen LogP contribution < -0.4 is 15.8 Å². The Morgan fingerprint density at radius 3 is 2.79 bits per heavy atom. The monoisotopic (exact) mass is 373 g/mol. The molecule has 6 nitrogen and oxygen atoms in total. The van der Waals surface area contributed by atoms with Crippen LogP contribution in [0, 0.1) is 13.0 Å². The third kappa shape index (κ3) is 3.49. The van der Waals surface area contributed by atoms with E-state index in [-0.39, 0.29) is 6.04 Å². The number of nitrogen functional groups attached to an aromatic ring is 1. The molecule has 0 saturated carbocycles. The lowest BCUT2D eigenvalue weighted by Gasteiger charge is -2.18. The Labute approximate surface area is 163 Å². The van der Waals surface area contributed by atoms with Gasteiger partial charge in [0.15, 0.2) is 0 Å². The summed E-state index contributed by atoms with van der Waals surface area (Å²) in [4.78, 5) is 9.08. The van der Waals surface area contributed by atoms with Gasteiger partial charge >= 0.3 is 0 Å². The van der Waals surface area contributed by atoms with Gasteiger partial charge in [0.25, 0.3) is 0 Å². The highest BCUT2D eigenvalue weighted by molar-refractivity contribution is 5.90. The second-order valence-electron chi connectivity index (χ2n) is 6.69. The lowest BCUT2D eigenvalue weighted by Crippen LogP contribution is -2.10. The Hall–Kier alpha value is -3.54. The molecule has 0 spiro atoms. The van der Waals surface area contributed by atoms with E-state index in [0.717, 1.165) is 33.4 Å². The van der Waals surface area contributed by atoms with E-state index in [1.165, 1.54) is 0 Å². The fraction of sp³-hybridized carbons (Fsp3) is 0.182. The summed E-state index contributed by atoms with van der Waals surface area (Å²) < 4.78 is 10.5. The van der Waals surface area contributed by atoms with Gasteiger partial charge < -0.3 is 20.2 Å². The van der Waals surface area contributed by atoms with Crippen molar-refractivity contribution < 1.29 is 9.15 Å². The second-order valence-corrected chi connectivity index (χ2v) is 6.69. The van der Waals surface area contributed by atoms with E-state index in [0.29, 0.717) is 17.3 Å². The highest BCUT2D eigenvalue weighted by atomic mass is 16.5. The van der Waals surface area contributed by atoms with Crippen molar-refractivity contribution in [2.45, 2.75) is 19.9 Å². The zero-order chi connectivity index (χ0) is 19.7. The number of ether oxygens (including phenoxy) is 1. The first-order valence-electron chi connectivity index (χ1n) is 8.97. The summed E-state index contributed by atoms with van der Waals surface area (Å²) in [7, 11) is 1.62. The molecule has 0 aliphatic carbocycles. The van der Waals surface area contributed by atoms with E-state index in [1.807, 2.05) is 37.3 Å². The molecule has 6 heteroatoms. The fourth-order valence-corrected chi connectivity index (χ4v) is 3.21. The van der Waals surface area contributed by atoms with Gasteiger partial charge in [0, 0.05) is 22.7 Å². The molecule has 0 bridgehead atoms. The maximum atomic E-state index is 6.14. The zero-order valence-corrected chi connectivity index (χ0v) is 16.0. The minimum Gasteiger partial charge on any atom is -0.496 e. The Bertz CT molecular complexity index is 1120. The van der Waals surface area contributed by atoms with E-state index in [4.69, 9.17) is 14.9 Å². The van der Waals surface area contributed by atoms with Gasteiger partial charge in [0.05, 0.1) is 31.2 Å². The summed E-state index contributed by atoms with van der Waals surface area (Å²) >= 11 is 0. The molecule has 0 aliphatic rings. The molecule has 0 unspecified atom stereocenters. The van der Waals surface area contributed by atoms with Gasteiger partial charge in [-0.25, -0.2) is 9.97 Å². The molecular formula is C22H21N4O2. The molecule has 0 saturated heterocycles. The zero-order valence-electron chi connectivity index (χ0n) is 16.0. The number of hydrogen-bond acceptors (Lipinski definition) is 6. The predicted molar refractivity (Wildman–Crippen MR) is 110 cm³/mol. The number of aromatic nitrogens is 2. The summed E-state index contributed by atoms with van der Waals surface area (Å²) in [6.07, 6.45) is 3.36. The van der Waals surface area contributed by atoms with Crippen molar-refractivity contribution in [1.29, 1.82) is 0 Å². The standard InChI is InChI=1S/C22H21N4O2/c1-13(16-8-17(10-18(23)9-16)15-6-7-28-12-15)24-22-20-11-19(27-3)4-5-21(20)25-14(2)26-22/h5-13H,23H2,1-3H3,(H,24,25,26)/t13-/m1/s1. The number of nitrogens with zero attached hydrogens (tertiary/aromatic N) is 2. The van der Waals surface area contributed by atoms with Crippen molar-refractivity contribution in [1.82, 2.24) is 9.97 Å². The minimum absolute atomic E-state index is 0.0261. The number of anilines is 2. The fourth-order valence-electron chi connectivity index (χ4n) is 3.21. The van der Waals surface area contributed by atoms with Crippen molar-refractivity contribution >= 4 is 22.4 Å². The van der Waals surface area contributed by atoms with Crippen LogP contribution in [0.25, 0.3) is 22.0 Å². The van der Waals surface area contributed by atoms with Crippen molar-refractivity contribution in [3.05, 3.63) is 66.4 Å². The molecule has 2 heterocycles. The minimum atomic E-state index is -0.0261. The molecule has 4 rings (SSSR count). The van der Waals surface area contributed by atoms with Crippen LogP contribution in [0.4, 0.5) is 11.5 Å². The first-order valence-corrected chi connectivity index (χ1v) is 8.97. The number of nitrogens with one attached hydrogen (secondary N) is 1. The van der Waals surface area contributed by atoms with Crippen molar-refractivity contribution in [3.63, 3.8) is 0 Å². The summed E-state index contributed by atoms with van der Waals surface area (Å²) in [5.41, 5.74) is 10.7. The largest absolute Gasteiger partial charge is 0.496 e. The van der Waals surface area contributed by atoms with Crippen LogP contribution in [0.5, 0.6) is 5.75 Å². The SMILES string of the molecule is COc1[c]cc2nc(C)nc(N[C@H](C)c3cc(N)cc(-c4ccoc4)c3)c2c1. The molecular weight excluding hydrogens is 352 g/mol. The number of furan rings is 1. The van der Waals surface area contributed by atoms with E-state index >= 15 is 0 Å². The quantitative estimate of drug-likeness (QED) is 0.491. The average molecular weight is 373 g/mol. The second kappa shape index (κ2) is 7.23. The number of benzene rings is 2. The van der Waals surface area contributed by atoms with Crippen molar-refractivity contribution in [3.8, 4) is 16.9 Å². The molecule has 0 amide bonds. The van der Waals surface area contributed by atoms with Gasteiger partial charge in [-0.3, -0.25) is 0 Å². The summed E-state index contributed by atoms with van der Waals surface area (Å²) in [6.45, 7) is 3.94. The lowest BCUT2D eigenvalue weighted by atomic mass is 10.0. The Balaban J connectivity index is 1.72. The molecule has 141 valence electrons. The van der Waals surface area contributed by atoms with Crippen LogP contribution in [0.3, 0.4) is 0 Å². The number of fused-ring (bicyclic) bond motifs is 1. The molecule has 28 heavy (non-hydrogen) atoms. The Kier molecular flexibility index (Phi) is 4.61. The van der Waals surface area contributed by atoms with Gasteiger partial charge in [-0.2, -0.15) is 0 Å². The molecule has 1 atom stereocenters. The van der Waals surface area contributed by atoms with Crippen molar-refractivity contribution in [2.24, 2.45) is 0 Å². The average Bonchev–Trinajstić information content (AvgIpc) is 3.22. The molecule has 2 aromatic heterocycles. The van der Waals surface area contributed by atoms with E-state index in [1.54, 1.807) is 19.6 Å². The van der Waals surface area contributed by atoms with Gasteiger partial charge in [-0.1, -0.05) is 0 Å². The van der Waals surface area contributed by atoms with Crippen LogP contribution in [0.2, 0.25) is 0 Å². The van der Waals surface area contributed by atoms with Crippen LogP contribution >= 0.6 is 0 Å². The van der Waals surface area contributed by atoms with E-state index in [9.17, 15) is 0 Å². The summed E-state index contributed by atoms with van der Waals surface area (Å²) in [5.74, 6) is 2.07. The maximum absolute atomic E-state index is 6.14. The smallest absolute Gasteiger partial charge is 0.138 e. The van der Waals surface area contributed by atoms with E-state index in [2.05, 4.69) is 34.3 Å². The van der Waals surface area contributed by atoms with Gasteiger partial charge in [-0.15, -0.1) is 0 Å². The number of hydrogen-bond donors (Lipinski definition) is 2. The highest BCUT2D eigenvalue weighted by Gasteiger charge is 2.13. The third-order valence-electron chi connectivity index (χ3n) is 4.62. The van der Waals surface area contributed by atoms with Gasteiger partial charge in [0.1, 0.15) is 17.4 Å². The molecule has 1 radical (unpaired) electrons.